The molecule has 0 atom stereocenters. The fourth-order valence-corrected chi connectivity index (χ4v) is 4.81. The number of nitrogens with zero attached hydrogens (tertiary/aromatic N) is 4. The minimum absolute atomic E-state index is 0.00779. The summed E-state index contributed by atoms with van der Waals surface area (Å²) in [5, 5.41) is 9.20. The molecule has 0 bridgehead atoms. The van der Waals surface area contributed by atoms with Crippen LogP contribution in [0.3, 0.4) is 0 Å². The molecule has 2 aromatic carbocycles. The molecule has 0 aliphatic carbocycles. The number of benzene rings is 2. The van der Waals surface area contributed by atoms with E-state index in [-0.39, 0.29) is 10.8 Å². The highest BCUT2D eigenvalue weighted by Gasteiger charge is 2.49. The smallest absolute Gasteiger partial charge is 0.369 e. The Kier molecular flexibility index (Phi) is 5.37. The quantitative estimate of drug-likeness (QED) is 0.638. The molecule has 0 spiro atoms. The SMILES string of the molecule is CC1(C)C(=O)N(c2ccc(C#N)c(C(F)(F)F)c2)C(=S)N1CCN1CCc2ccccc21. The minimum atomic E-state index is -4.72. The van der Waals surface area contributed by atoms with E-state index in [0.717, 1.165) is 35.7 Å². The van der Waals surface area contributed by atoms with Crippen molar-refractivity contribution < 1.29 is 18.0 Å². The van der Waals surface area contributed by atoms with Crippen molar-refractivity contribution in [3.63, 3.8) is 0 Å². The summed E-state index contributed by atoms with van der Waals surface area (Å²) in [6, 6.07) is 12.9. The lowest BCUT2D eigenvalue weighted by Crippen LogP contribution is -2.47. The molecule has 1 saturated heterocycles. The number of carbonyl (C=O) groups is 1. The van der Waals surface area contributed by atoms with E-state index in [1.165, 1.54) is 11.6 Å². The van der Waals surface area contributed by atoms with Crippen molar-refractivity contribution in [3.05, 3.63) is 59.2 Å². The molecule has 0 N–H and O–H groups in total. The van der Waals surface area contributed by atoms with E-state index < -0.39 is 28.7 Å². The van der Waals surface area contributed by atoms with Gasteiger partial charge in [-0.15, -0.1) is 0 Å². The molecule has 0 radical (unpaired) electrons. The highest BCUT2D eigenvalue weighted by atomic mass is 32.1. The predicted molar refractivity (Wildman–Crippen MR) is 119 cm³/mol. The molecule has 32 heavy (non-hydrogen) atoms. The van der Waals surface area contributed by atoms with Crippen LogP contribution in [-0.4, -0.2) is 41.1 Å². The van der Waals surface area contributed by atoms with Gasteiger partial charge < -0.3 is 9.80 Å². The summed E-state index contributed by atoms with van der Waals surface area (Å²) in [5.41, 5.74) is -0.164. The minimum Gasteiger partial charge on any atom is -0.369 e. The first kappa shape index (κ1) is 22.1. The van der Waals surface area contributed by atoms with Crippen LogP contribution in [0.5, 0.6) is 0 Å². The third-order valence-electron chi connectivity index (χ3n) is 6.09. The number of para-hydroxylation sites is 1. The number of hydrogen-bond donors (Lipinski definition) is 0. The lowest BCUT2D eigenvalue weighted by molar-refractivity contribution is -0.137. The number of anilines is 2. The molecule has 0 saturated carbocycles. The van der Waals surface area contributed by atoms with Crippen LogP contribution >= 0.6 is 12.2 Å². The van der Waals surface area contributed by atoms with Crippen LogP contribution in [0.15, 0.2) is 42.5 Å². The number of fused-ring (bicyclic) bond motifs is 1. The number of rotatable bonds is 4. The van der Waals surface area contributed by atoms with Crippen LogP contribution in [0.2, 0.25) is 0 Å². The molecule has 2 aliphatic heterocycles. The van der Waals surface area contributed by atoms with Gasteiger partial charge in [0.25, 0.3) is 5.91 Å². The van der Waals surface area contributed by atoms with Crippen molar-refractivity contribution in [2.45, 2.75) is 32.0 Å². The number of halogens is 3. The summed E-state index contributed by atoms with van der Waals surface area (Å²) in [6.45, 7) is 5.37. The van der Waals surface area contributed by atoms with Gasteiger partial charge in [-0.1, -0.05) is 18.2 Å². The molecule has 4 rings (SSSR count). The van der Waals surface area contributed by atoms with Gasteiger partial charge in [0.15, 0.2) is 5.11 Å². The Morgan fingerprint density at radius 3 is 2.56 bits per heavy atom. The van der Waals surface area contributed by atoms with Gasteiger partial charge in [0.05, 0.1) is 22.9 Å². The largest absolute Gasteiger partial charge is 0.417 e. The van der Waals surface area contributed by atoms with Crippen molar-refractivity contribution >= 4 is 34.6 Å². The lowest BCUT2D eigenvalue weighted by Gasteiger charge is -2.31. The normalized spacial score (nSPS) is 17.7. The van der Waals surface area contributed by atoms with E-state index in [9.17, 15) is 18.0 Å². The molecular weight excluding hydrogens is 437 g/mol. The molecule has 166 valence electrons. The number of thiocarbonyl (C=S) groups is 1. The zero-order valence-electron chi connectivity index (χ0n) is 17.6. The van der Waals surface area contributed by atoms with Crippen molar-refractivity contribution in [2.24, 2.45) is 0 Å². The van der Waals surface area contributed by atoms with Gasteiger partial charge in [0.1, 0.15) is 5.54 Å². The maximum absolute atomic E-state index is 13.4. The number of hydrogen-bond acceptors (Lipinski definition) is 4. The van der Waals surface area contributed by atoms with Crippen LogP contribution < -0.4 is 9.80 Å². The van der Waals surface area contributed by atoms with Crippen LogP contribution in [-0.2, 0) is 17.4 Å². The molecule has 1 fully saturated rings. The van der Waals surface area contributed by atoms with Crippen molar-refractivity contribution in [2.75, 3.05) is 29.4 Å². The Labute approximate surface area is 189 Å². The lowest BCUT2D eigenvalue weighted by atomic mass is 10.0. The van der Waals surface area contributed by atoms with Crippen LogP contribution in [0, 0.1) is 11.3 Å². The fraction of sp³-hybridized carbons (Fsp3) is 0.348. The Bertz CT molecular complexity index is 1140. The Morgan fingerprint density at radius 2 is 1.88 bits per heavy atom. The van der Waals surface area contributed by atoms with Gasteiger partial charge in [0, 0.05) is 25.3 Å². The van der Waals surface area contributed by atoms with Gasteiger partial charge in [-0.2, -0.15) is 18.4 Å². The van der Waals surface area contributed by atoms with E-state index >= 15 is 0 Å². The van der Waals surface area contributed by atoms with E-state index in [1.807, 2.05) is 12.1 Å². The second kappa shape index (κ2) is 7.78. The van der Waals surface area contributed by atoms with Crippen molar-refractivity contribution in [3.8, 4) is 6.07 Å². The number of alkyl halides is 3. The van der Waals surface area contributed by atoms with Crippen LogP contribution in [0.1, 0.15) is 30.5 Å². The second-order valence-corrected chi connectivity index (χ2v) is 8.70. The Balaban J connectivity index is 1.60. The standard InChI is InChI=1S/C23H21F3N4OS/c1-22(2)20(31)30(17-8-7-16(14-27)18(13-17)23(24,25)26)21(32)29(22)12-11-28-10-9-15-5-3-4-6-19(15)28/h3-8,13H,9-12H2,1-2H3. The number of nitriles is 1. The van der Waals surface area contributed by atoms with Gasteiger partial charge >= 0.3 is 6.18 Å². The van der Waals surface area contributed by atoms with Crippen molar-refractivity contribution in [1.29, 1.82) is 5.26 Å². The molecule has 2 heterocycles. The first-order chi connectivity index (χ1) is 15.1. The molecule has 0 aromatic heterocycles. The van der Waals surface area contributed by atoms with E-state index in [1.54, 1.807) is 24.8 Å². The fourth-order valence-electron chi connectivity index (χ4n) is 4.30. The van der Waals surface area contributed by atoms with Gasteiger partial charge in [-0.05, 0) is 62.3 Å². The summed E-state index contributed by atoms with van der Waals surface area (Å²) in [6.07, 6.45) is -3.77. The third-order valence-corrected chi connectivity index (χ3v) is 6.49. The topological polar surface area (TPSA) is 50.6 Å². The average Bonchev–Trinajstić information content (AvgIpc) is 3.22. The van der Waals surface area contributed by atoms with Crippen LogP contribution in [0.4, 0.5) is 24.5 Å². The maximum Gasteiger partial charge on any atom is 0.417 e. The predicted octanol–water partition coefficient (Wildman–Crippen LogP) is 4.35. The third kappa shape index (κ3) is 3.58. The summed E-state index contributed by atoms with van der Waals surface area (Å²) < 4.78 is 40.3. The number of amides is 1. The molecule has 0 unspecified atom stereocenters. The second-order valence-electron chi connectivity index (χ2n) is 8.34. The average molecular weight is 459 g/mol. The van der Waals surface area contributed by atoms with E-state index in [4.69, 9.17) is 17.5 Å². The summed E-state index contributed by atoms with van der Waals surface area (Å²) >= 11 is 5.55. The molecule has 1 amide bonds. The van der Waals surface area contributed by atoms with Gasteiger partial charge in [0.2, 0.25) is 0 Å². The zero-order valence-corrected chi connectivity index (χ0v) is 18.4. The molecule has 5 nitrogen and oxygen atoms in total. The molecule has 9 heteroatoms. The van der Waals surface area contributed by atoms with E-state index in [0.29, 0.717) is 13.1 Å². The first-order valence-electron chi connectivity index (χ1n) is 10.2. The van der Waals surface area contributed by atoms with Crippen molar-refractivity contribution in [1.82, 2.24) is 4.90 Å². The first-order valence-corrected chi connectivity index (χ1v) is 10.6. The summed E-state index contributed by atoms with van der Waals surface area (Å²) in [5.74, 6) is -0.401. The molecule has 2 aliphatic rings. The monoisotopic (exact) mass is 458 g/mol. The summed E-state index contributed by atoms with van der Waals surface area (Å²) in [7, 11) is 0. The number of carbonyl (C=O) groups excluding carboxylic acids is 1. The Morgan fingerprint density at radius 1 is 1.16 bits per heavy atom. The van der Waals surface area contributed by atoms with Crippen LogP contribution in [0.25, 0.3) is 0 Å². The zero-order chi connectivity index (χ0) is 23.3. The van der Waals surface area contributed by atoms with E-state index in [2.05, 4.69) is 17.0 Å². The maximum atomic E-state index is 13.4. The van der Waals surface area contributed by atoms with Gasteiger partial charge in [-0.3, -0.25) is 9.69 Å². The summed E-state index contributed by atoms with van der Waals surface area (Å²) in [4.78, 5) is 18.3. The Hall–Kier alpha value is -3.12. The highest BCUT2D eigenvalue weighted by Crippen LogP contribution is 2.38. The highest BCUT2D eigenvalue weighted by molar-refractivity contribution is 7.80. The molecule has 2 aromatic rings. The molecular formula is C23H21F3N4OS. The van der Waals surface area contributed by atoms with Gasteiger partial charge in [-0.25, -0.2) is 0 Å².